The first-order chi connectivity index (χ1) is 10.9. The average molecular weight is 355 g/mol. The molecule has 0 aromatic heterocycles. The summed E-state index contributed by atoms with van der Waals surface area (Å²) in [6, 6.07) is 12.5. The molecule has 0 saturated carbocycles. The van der Waals surface area contributed by atoms with E-state index in [9.17, 15) is 13.2 Å². The molecule has 0 unspecified atom stereocenters. The highest BCUT2D eigenvalue weighted by molar-refractivity contribution is 7.89. The van der Waals surface area contributed by atoms with E-state index in [0.717, 1.165) is 0 Å². The van der Waals surface area contributed by atoms with Gasteiger partial charge in [-0.15, -0.1) is 0 Å². The van der Waals surface area contributed by atoms with E-state index in [-0.39, 0.29) is 4.90 Å². The third-order valence-corrected chi connectivity index (χ3v) is 4.52. The van der Waals surface area contributed by atoms with E-state index < -0.39 is 22.5 Å². The first-order valence-electron chi connectivity index (χ1n) is 6.60. The van der Waals surface area contributed by atoms with Gasteiger partial charge >= 0.3 is 0 Å². The minimum absolute atomic E-state index is 0.000759. The maximum Gasteiger partial charge on any atom is 0.241 e. The lowest BCUT2D eigenvalue weighted by Gasteiger charge is -2.09. The summed E-state index contributed by atoms with van der Waals surface area (Å²) in [5, 5.41) is 2.88. The molecule has 0 bridgehead atoms. The number of carbonyl (C=O) groups excluding carboxylic acids is 1. The number of carbonyl (C=O) groups is 1. The van der Waals surface area contributed by atoms with E-state index in [1.807, 2.05) is 0 Å². The summed E-state index contributed by atoms with van der Waals surface area (Å²) < 4.78 is 31.4. The zero-order valence-corrected chi connectivity index (χ0v) is 13.8. The van der Waals surface area contributed by atoms with Gasteiger partial charge in [-0.05, 0) is 30.3 Å². The first-order valence-corrected chi connectivity index (χ1v) is 8.46. The Morgan fingerprint density at radius 2 is 1.91 bits per heavy atom. The Labute approximate surface area is 139 Å². The quantitative estimate of drug-likeness (QED) is 0.833. The van der Waals surface area contributed by atoms with E-state index in [1.165, 1.54) is 25.3 Å². The van der Waals surface area contributed by atoms with Gasteiger partial charge < -0.3 is 10.1 Å². The van der Waals surface area contributed by atoms with Crippen LogP contribution < -0.4 is 14.8 Å². The van der Waals surface area contributed by atoms with Gasteiger partial charge in [-0.3, -0.25) is 4.79 Å². The number of anilines is 1. The molecule has 0 aliphatic rings. The van der Waals surface area contributed by atoms with Crippen LogP contribution in [0.25, 0.3) is 0 Å². The molecule has 6 nitrogen and oxygen atoms in total. The van der Waals surface area contributed by atoms with Gasteiger partial charge in [0.05, 0.1) is 18.6 Å². The van der Waals surface area contributed by atoms with E-state index in [2.05, 4.69) is 10.0 Å². The Morgan fingerprint density at radius 3 is 2.61 bits per heavy atom. The minimum atomic E-state index is -3.80. The van der Waals surface area contributed by atoms with Crippen molar-refractivity contribution in [2.75, 3.05) is 19.0 Å². The molecule has 2 aromatic rings. The molecule has 2 N–H and O–H groups in total. The molecule has 0 saturated heterocycles. The molecule has 2 rings (SSSR count). The van der Waals surface area contributed by atoms with Gasteiger partial charge in [0.25, 0.3) is 0 Å². The molecule has 2 aromatic carbocycles. The van der Waals surface area contributed by atoms with Gasteiger partial charge in [-0.25, -0.2) is 13.1 Å². The zero-order valence-electron chi connectivity index (χ0n) is 12.2. The SMILES string of the molecule is COc1cccc(NC(=O)CNS(=O)(=O)c2cccc(Cl)c2)c1. The number of ether oxygens (including phenoxy) is 1. The lowest BCUT2D eigenvalue weighted by atomic mass is 10.3. The number of benzene rings is 2. The fourth-order valence-corrected chi connectivity index (χ4v) is 3.07. The molecule has 8 heteroatoms. The number of hydrogen-bond acceptors (Lipinski definition) is 4. The standard InChI is InChI=1S/C15H15ClN2O4S/c1-22-13-6-3-5-12(9-13)18-15(19)10-17-23(20,21)14-7-2-4-11(16)8-14/h2-9,17H,10H2,1H3,(H,18,19). The third kappa shape index (κ3) is 4.95. The van der Waals surface area contributed by atoms with Crippen molar-refractivity contribution in [1.82, 2.24) is 4.72 Å². The largest absolute Gasteiger partial charge is 0.497 e. The topological polar surface area (TPSA) is 84.5 Å². The van der Waals surface area contributed by atoms with E-state index >= 15 is 0 Å². The second kappa shape index (κ2) is 7.45. The summed E-state index contributed by atoms with van der Waals surface area (Å²) >= 11 is 5.77. The lowest BCUT2D eigenvalue weighted by molar-refractivity contribution is -0.115. The fraction of sp³-hybridized carbons (Fsp3) is 0.133. The van der Waals surface area contributed by atoms with Crippen LogP contribution in [0.4, 0.5) is 5.69 Å². The predicted molar refractivity (Wildman–Crippen MR) is 88.3 cm³/mol. The Kier molecular flexibility index (Phi) is 5.59. The third-order valence-electron chi connectivity index (χ3n) is 2.88. The van der Waals surface area contributed by atoms with Crippen LogP contribution in [0.15, 0.2) is 53.4 Å². The van der Waals surface area contributed by atoms with Crippen molar-refractivity contribution in [2.45, 2.75) is 4.90 Å². The van der Waals surface area contributed by atoms with Crippen molar-refractivity contribution in [1.29, 1.82) is 0 Å². The number of sulfonamides is 1. The first kappa shape index (κ1) is 17.3. The molecule has 0 aliphatic heterocycles. The summed E-state index contributed by atoms with van der Waals surface area (Å²) in [5.74, 6) is 0.0890. The van der Waals surface area contributed by atoms with Crippen molar-refractivity contribution in [3.05, 3.63) is 53.6 Å². The molecule has 0 heterocycles. The van der Waals surface area contributed by atoms with Crippen molar-refractivity contribution >= 4 is 33.2 Å². The van der Waals surface area contributed by atoms with Crippen LogP contribution >= 0.6 is 11.6 Å². The number of methoxy groups -OCH3 is 1. The predicted octanol–water partition coefficient (Wildman–Crippen LogP) is 2.27. The number of hydrogen-bond donors (Lipinski definition) is 2. The summed E-state index contributed by atoms with van der Waals surface area (Å²) in [7, 11) is -2.29. The number of nitrogens with one attached hydrogen (secondary N) is 2. The number of rotatable bonds is 6. The average Bonchev–Trinajstić information content (AvgIpc) is 2.53. The normalized spacial score (nSPS) is 11.0. The molecule has 122 valence electrons. The second-order valence-corrected chi connectivity index (χ2v) is 6.77. The fourth-order valence-electron chi connectivity index (χ4n) is 1.78. The highest BCUT2D eigenvalue weighted by atomic mass is 35.5. The maximum absolute atomic E-state index is 12.1. The Balaban J connectivity index is 1.98. The Hall–Kier alpha value is -2.09. The van der Waals surface area contributed by atoms with Crippen molar-refractivity contribution < 1.29 is 17.9 Å². The summed E-state index contributed by atoms with van der Waals surface area (Å²) in [4.78, 5) is 11.9. The molecular weight excluding hydrogens is 340 g/mol. The van der Waals surface area contributed by atoms with Crippen LogP contribution in [0.2, 0.25) is 5.02 Å². The molecule has 0 fully saturated rings. The van der Waals surface area contributed by atoms with Gasteiger partial charge in [0.2, 0.25) is 15.9 Å². The Bertz CT molecular complexity index is 809. The van der Waals surface area contributed by atoms with Gasteiger partial charge in [-0.2, -0.15) is 0 Å². The highest BCUT2D eigenvalue weighted by Gasteiger charge is 2.15. The van der Waals surface area contributed by atoms with Crippen molar-refractivity contribution in [3.63, 3.8) is 0 Å². The summed E-state index contributed by atoms with van der Waals surface area (Å²) in [6.07, 6.45) is 0. The summed E-state index contributed by atoms with van der Waals surface area (Å²) in [5.41, 5.74) is 0.510. The Morgan fingerprint density at radius 1 is 1.17 bits per heavy atom. The summed E-state index contributed by atoms with van der Waals surface area (Å²) in [6.45, 7) is -0.397. The van der Waals surface area contributed by atoms with E-state index in [0.29, 0.717) is 16.5 Å². The van der Waals surface area contributed by atoms with Crippen LogP contribution in [0.1, 0.15) is 0 Å². The lowest BCUT2D eigenvalue weighted by Crippen LogP contribution is -2.32. The highest BCUT2D eigenvalue weighted by Crippen LogP contribution is 2.17. The van der Waals surface area contributed by atoms with Crippen LogP contribution in [0.3, 0.4) is 0 Å². The van der Waals surface area contributed by atoms with Gasteiger partial charge in [-0.1, -0.05) is 23.7 Å². The monoisotopic (exact) mass is 354 g/mol. The molecule has 0 aliphatic carbocycles. The smallest absolute Gasteiger partial charge is 0.241 e. The van der Waals surface area contributed by atoms with Gasteiger partial charge in [0.15, 0.2) is 0 Å². The van der Waals surface area contributed by atoms with E-state index in [4.69, 9.17) is 16.3 Å². The molecule has 0 spiro atoms. The van der Waals surface area contributed by atoms with E-state index in [1.54, 1.807) is 30.3 Å². The van der Waals surface area contributed by atoms with Crippen LogP contribution in [0, 0.1) is 0 Å². The second-order valence-electron chi connectivity index (χ2n) is 4.56. The number of amides is 1. The molecule has 0 radical (unpaired) electrons. The number of halogens is 1. The minimum Gasteiger partial charge on any atom is -0.497 e. The molecular formula is C15H15ClN2O4S. The maximum atomic E-state index is 12.1. The molecule has 0 atom stereocenters. The van der Waals surface area contributed by atoms with Crippen LogP contribution in [-0.4, -0.2) is 28.0 Å². The molecule has 23 heavy (non-hydrogen) atoms. The van der Waals surface area contributed by atoms with Gasteiger partial charge in [0.1, 0.15) is 5.75 Å². The van der Waals surface area contributed by atoms with Crippen molar-refractivity contribution in [3.8, 4) is 5.75 Å². The van der Waals surface area contributed by atoms with Gasteiger partial charge in [0, 0.05) is 16.8 Å². The molecule has 1 amide bonds. The van der Waals surface area contributed by atoms with Crippen molar-refractivity contribution in [2.24, 2.45) is 0 Å². The van der Waals surface area contributed by atoms with Crippen LogP contribution in [0.5, 0.6) is 5.75 Å². The zero-order chi connectivity index (χ0) is 16.9. The van der Waals surface area contributed by atoms with Crippen LogP contribution in [-0.2, 0) is 14.8 Å².